The van der Waals surface area contributed by atoms with E-state index in [4.69, 9.17) is 9.47 Å². The van der Waals surface area contributed by atoms with Gasteiger partial charge in [0.05, 0.1) is 5.69 Å². The van der Waals surface area contributed by atoms with Crippen molar-refractivity contribution in [1.29, 1.82) is 0 Å². The topological polar surface area (TPSA) is 69.9 Å². The van der Waals surface area contributed by atoms with E-state index in [1.807, 2.05) is 12.3 Å². The molecule has 0 N–H and O–H groups in total. The highest BCUT2D eigenvalue weighted by Crippen LogP contribution is 2.15. The predicted molar refractivity (Wildman–Crippen MR) is 85.8 cm³/mol. The lowest BCUT2D eigenvalue weighted by atomic mass is 10.3. The van der Waals surface area contributed by atoms with E-state index in [9.17, 15) is 14.0 Å². The maximum Gasteiger partial charge on any atom is 0.344 e. The molecule has 0 bridgehead atoms. The van der Waals surface area contributed by atoms with Crippen LogP contribution in [-0.4, -0.2) is 22.0 Å². The Labute approximate surface area is 140 Å². The van der Waals surface area contributed by atoms with E-state index in [-0.39, 0.29) is 17.9 Å². The molecule has 0 spiro atoms. The van der Waals surface area contributed by atoms with Gasteiger partial charge in [-0.15, -0.1) is 11.3 Å². The monoisotopic (exact) mass is 348 g/mol. The number of carbonyl (C=O) groups excluding carboxylic acids is 1. The van der Waals surface area contributed by atoms with Crippen molar-refractivity contribution in [1.82, 2.24) is 9.38 Å². The Bertz CT molecular complexity index is 951. The molecule has 0 saturated heterocycles. The molecule has 2 aromatic heterocycles. The van der Waals surface area contributed by atoms with Gasteiger partial charge in [-0.25, -0.2) is 14.2 Å². The van der Waals surface area contributed by atoms with E-state index in [0.29, 0.717) is 10.7 Å². The van der Waals surface area contributed by atoms with Crippen LogP contribution in [-0.2, 0) is 16.1 Å². The Kier molecular flexibility index (Phi) is 4.57. The summed E-state index contributed by atoms with van der Waals surface area (Å²) >= 11 is 1.33. The first-order chi connectivity index (χ1) is 11.5. The van der Waals surface area contributed by atoms with Crippen molar-refractivity contribution in [2.75, 3.05) is 6.61 Å². The molecule has 0 aliphatic heterocycles. The fourth-order valence-corrected chi connectivity index (χ4v) is 2.96. The smallest absolute Gasteiger partial charge is 0.344 e. The van der Waals surface area contributed by atoms with Crippen LogP contribution in [0.4, 0.5) is 4.39 Å². The van der Waals surface area contributed by atoms with Crippen LogP contribution in [0.1, 0.15) is 11.4 Å². The summed E-state index contributed by atoms with van der Waals surface area (Å²) in [6.07, 6.45) is 0. The SMILES string of the molecule is Cc1csc2nc(COC(=O)COc3ccccc3F)cc(=O)n12. The van der Waals surface area contributed by atoms with Crippen molar-refractivity contribution < 1.29 is 18.7 Å². The minimum atomic E-state index is -0.678. The lowest BCUT2D eigenvalue weighted by Gasteiger charge is -2.07. The van der Waals surface area contributed by atoms with E-state index >= 15 is 0 Å². The number of para-hydroxylation sites is 1. The number of halogens is 1. The third kappa shape index (κ3) is 3.43. The average Bonchev–Trinajstić information content (AvgIpc) is 2.94. The second-order valence-electron chi connectivity index (χ2n) is 4.96. The van der Waals surface area contributed by atoms with Crippen LogP contribution in [0, 0.1) is 12.7 Å². The number of aromatic nitrogens is 2. The highest BCUT2D eigenvalue weighted by atomic mass is 32.1. The van der Waals surface area contributed by atoms with Crippen molar-refractivity contribution in [3.05, 3.63) is 63.3 Å². The zero-order valence-corrected chi connectivity index (χ0v) is 13.5. The van der Waals surface area contributed by atoms with Crippen LogP contribution in [0.2, 0.25) is 0 Å². The number of hydrogen-bond donors (Lipinski definition) is 0. The highest BCUT2D eigenvalue weighted by molar-refractivity contribution is 7.15. The van der Waals surface area contributed by atoms with Gasteiger partial charge in [0.1, 0.15) is 6.61 Å². The maximum absolute atomic E-state index is 13.4. The fourth-order valence-electron chi connectivity index (χ4n) is 2.07. The highest BCUT2D eigenvalue weighted by Gasteiger charge is 2.10. The van der Waals surface area contributed by atoms with Gasteiger partial charge in [0, 0.05) is 17.1 Å². The average molecular weight is 348 g/mol. The zero-order chi connectivity index (χ0) is 17.1. The summed E-state index contributed by atoms with van der Waals surface area (Å²) in [5, 5.41) is 1.82. The van der Waals surface area contributed by atoms with Gasteiger partial charge >= 0.3 is 5.97 Å². The summed E-state index contributed by atoms with van der Waals surface area (Å²) < 4.78 is 24.9. The van der Waals surface area contributed by atoms with Crippen LogP contribution in [0.25, 0.3) is 4.96 Å². The number of aryl methyl sites for hydroxylation is 1. The molecule has 3 rings (SSSR count). The van der Waals surface area contributed by atoms with E-state index in [1.165, 1.54) is 40.0 Å². The standard InChI is InChI=1S/C16H13FN2O4S/c1-10-9-24-16-18-11(6-14(20)19(10)16)7-23-15(21)8-22-13-5-3-2-4-12(13)17/h2-6,9H,7-8H2,1H3. The first-order valence-electron chi connectivity index (χ1n) is 7.04. The predicted octanol–water partition coefficient (Wildman–Crippen LogP) is 2.33. The molecule has 2 heterocycles. The van der Waals surface area contributed by atoms with Gasteiger partial charge < -0.3 is 9.47 Å². The number of ether oxygens (including phenoxy) is 2. The van der Waals surface area contributed by atoms with Gasteiger partial charge in [0.25, 0.3) is 5.56 Å². The summed E-state index contributed by atoms with van der Waals surface area (Å²) in [5.74, 6) is -1.26. The molecular formula is C16H13FN2O4S. The summed E-state index contributed by atoms with van der Waals surface area (Å²) in [6, 6.07) is 7.08. The van der Waals surface area contributed by atoms with E-state index in [1.54, 1.807) is 6.07 Å². The van der Waals surface area contributed by atoms with Crippen LogP contribution in [0.15, 0.2) is 40.5 Å². The molecule has 0 atom stereocenters. The minimum Gasteiger partial charge on any atom is -0.479 e. The summed E-state index contributed by atoms with van der Waals surface area (Å²) in [6.45, 7) is 1.23. The van der Waals surface area contributed by atoms with Gasteiger partial charge in [0.15, 0.2) is 23.1 Å². The minimum absolute atomic E-state index is 0.0266. The van der Waals surface area contributed by atoms with Crippen LogP contribution < -0.4 is 10.3 Å². The van der Waals surface area contributed by atoms with E-state index in [2.05, 4.69) is 4.98 Å². The molecule has 124 valence electrons. The van der Waals surface area contributed by atoms with Crippen LogP contribution in [0.5, 0.6) is 5.75 Å². The zero-order valence-electron chi connectivity index (χ0n) is 12.7. The number of hydrogen-bond acceptors (Lipinski definition) is 6. The maximum atomic E-state index is 13.4. The molecule has 0 aliphatic rings. The molecule has 0 saturated carbocycles. The number of thiazole rings is 1. The Morgan fingerprint density at radius 1 is 1.38 bits per heavy atom. The largest absolute Gasteiger partial charge is 0.479 e. The molecule has 0 unspecified atom stereocenters. The first-order valence-corrected chi connectivity index (χ1v) is 7.92. The van der Waals surface area contributed by atoms with Gasteiger partial charge in [0.2, 0.25) is 0 Å². The number of nitrogens with zero attached hydrogens (tertiary/aromatic N) is 2. The van der Waals surface area contributed by atoms with Crippen molar-refractivity contribution in [3.63, 3.8) is 0 Å². The Morgan fingerprint density at radius 3 is 2.96 bits per heavy atom. The molecule has 6 nitrogen and oxygen atoms in total. The van der Waals surface area contributed by atoms with Gasteiger partial charge in [-0.1, -0.05) is 12.1 Å². The summed E-state index contributed by atoms with van der Waals surface area (Å²) in [4.78, 5) is 28.5. The molecule has 8 heteroatoms. The quantitative estimate of drug-likeness (QED) is 0.662. The first kappa shape index (κ1) is 16.1. The van der Waals surface area contributed by atoms with Crippen LogP contribution in [0.3, 0.4) is 0 Å². The Morgan fingerprint density at radius 2 is 2.17 bits per heavy atom. The number of rotatable bonds is 5. The second kappa shape index (κ2) is 6.79. The summed E-state index contributed by atoms with van der Waals surface area (Å²) in [5.41, 5.74) is 0.919. The third-order valence-corrected chi connectivity index (χ3v) is 4.14. The molecule has 24 heavy (non-hydrogen) atoms. The third-order valence-electron chi connectivity index (χ3n) is 3.19. The van der Waals surface area contributed by atoms with E-state index in [0.717, 1.165) is 5.69 Å². The van der Waals surface area contributed by atoms with E-state index < -0.39 is 18.4 Å². The number of carbonyl (C=O) groups is 1. The van der Waals surface area contributed by atoms with Crippen molar-refractivity contribution >= 4 is 22.3 Å². The molecular weight excluding hydrogens is 335 g/mol. The van der Waals surface area contributed by atoms with Crippen molar-refractivity contribution in [2.45, 2.75) is 13.5 Å². The second-order valence-corrected chi connectivity index (χ2v) is 5.80. The summed E-state index contributed by atoms with van der Waals surface area (Å²) in [7, 11) is 0. The molecule has 0 amide bonds. The molecule has 0 radical (unpaired) electrons. The lowest BCUT2D eigenvalue weighted by Crippen LogP contribution is -2.18. The molecule has 0 aliphatic carbocycles. The van der Waals surface area contributed by atoms with Gasteiger partial charge in [-0.05, 0) is 19.1 Å². The fraction of sp³-hybridized carbons (Fsp3) is 0.188. The van der Waals surface area contributed by atoms with Crippen LogP contribution >= 0.6 is 11.3 Å². The Balaban J connectivity index is 1.60. The Hall–Kier alpha value is -2.74. The van der Waals surface area contributed by atoms with Crippen molar-refractivity contribution in [3.8, 4) is 5.75 Å². The lowest BCUT2D eigenvalue weighted by molar-refractivity contribution is -0.147. The van der Waals surface area contributed by atoms with Gasteiger partial charge in [-0.2, -0.15) is 0 Å². The normalized spacial score (nSPS) is 10.8. The number of benzene rings is 1. The van der Waals surface area contributed by atoms with Crippen molar-refractivity contribution in [2.24, 2.45) is 0 Å². The number of fused-ring (bicyclic) bond motifs is 1. The van der Waals surface area contributed by atoms with Gasteiger partial charge in [-0.3, -0.25) is 9.20 Å². The molecule has 3 aromatic rings. The molecule has 0 fully saturated rings. The molecule has 1 aromatic carbocycles. The number of esters is 1.